The van der Waals surface area contributed by atoms with Crippen molar-refractivity contribution in [3.05, 3.63) is 128 Å². The smallest absolute Gasteiger partial charge is 0.251 e. The minimum atomic E-state index is -0.251. The molecule has 12 nitrogen and oxygen atoms in total. The number of aromatic nitrogens is 2. The number of amides is 2. The molecule has 7 rings (SSSR count). The molecule has 2 aliphatic heterocycles. The van der Waals surface area contributed by atoms with Gasteiger partial charge in [-0.2, -0.15) is 0 Å². The maximum absolute atomic E-state index is 13.7. The third-order valence-corrected chi connectivity index (χ3v) is 11.3. The van der Waals surface area contributed by atoms with Gasteiger partial charge < -0.3 is 40.6 Å². The summed E-state index contributed by atoms with van der Waals surface area (Å²) in [5, 5.41) is 10.3. The van der Waals surface area contributed by atoms with Crippen molar-refractivity contribution in [2.24, 2.45) is 5.73 Å². The summed E-state index contributed by atoms with van der Waals surface area (Å²) in [7, 11) is 3.14. The van der Waals surface area contributed by atoms with E-state index in [0.717, 1.165) is 92.3 Å². The highest BCUT2D eigenvalue weighted by molar-refractivity contribution is 6.06. The minimum absolute atomic E-state index is 0. The van der Waals surface area contributed by atoms with E-state index in [4.69, 9.17) is 5.73 Å². The van der Waals surface area contributed by atoms with Crippen molar-refractivity contribution >= 4 is 33.6 Å². The first kappa shape index (κ1) is 43.9. The number of hydrogen-bond donors (Lipinski definition) is 4. The molecule has 2 saturated heterocycles. The largest absolute Gasteiger partial charge is 0.355 e. The fourth-order valence-electron chi connectivity index (χ4n) is 7.80. The van der Waals surface area contributed by atoms with Crippen molar-refractivity contribution in [1.29, 1.82) is 0 Å². The zero-order chi connectivity index (χ0) is 40.5. The first-order valence-corrected chi connectivity index (χ1v) is 19.9. The standard InChI is InChI=1S/C26H31FN4O2.C18H24N4O2.CH4/c1-18-7-8-19(15-23(18)27)17-29-20-9-11-30(12-10-20)13-14-31-24-6-4-3-5-21(24)22(16-25(31)32)26(33)28-2;1-20-18(24)15-12-17(23)22(16-5-3-2-4-14(15)16)11-10-21-8-6-13(19)7-9-21;/h3-8,15-16,20,29H,9-14,17H2,1-2H3,(H,28,33);2-5,12-13H,6-11,19H2,1H3,(H,20,24);1H4. The van der Waals surface area contributed by atoms with E-state index in [1.165, 1.54) is 12.1 Å². The van der Waals surface area contributed by atoms with E-state index in [1.54, 1.807) is 36.2 Å². The van der Waals surface area contributed by atoms with Gasteiger partial charge in [0.25, 0.3) is 22.9 Å². The average molecular weight is 795 g/mol. The Bertz CT molecular complexity index is 2310. The first-order chi connectivity index (χ1) is 27.6. The lowest BCUT2D eigenvalue weighted by Crippen LogP contribution is -2.43. The lowest BCUT2D eigenvalue weighted by atomic mass is 10.0. The number of para-hydroxylation sites is 2. The Balaban J connectivity index is 0.000000228. The molecule has 5 N–H and O–H groups in total. The minimum Gasteiger partial charge on any atom is -0.355 e. The van der Waals surface area contributed by atoms with Crippen molar-refractivity contribution in [2.75, 3.05) is 53.4 Å². The number of aryl methyl sites for hydroxylation is 1. The lowest BCUT2D eigenvalue weighted by Gasteiger charge is -2.32. The number of likely N-dealkylation sites (tertiary alicyclic amines) is 2. The van der Waals surface area contributed by atoms with Crippen molar-refractivity contribution in [2.45, 2.75) is 71.8 Å². The fraction of sp³-hybridized carbons (Fsp3) is 0.422. The molecule has 0 aliphatic carbocycles. The van der Waals surface area contributed by atoms with Gasteiger partial charge in [-0.15, -0.1) is 0 Å². The van der Waals surface area contributed by atoms with Gasteiger partial charge in [0.05, 0.1) is 22.2 Å². The second kappa shape index (κ2) is 20.5. The first-order valence-electron chi connectivity index (χ1n) is 19.9. The van der Waals surface area contributed by atoms with Crippen molar-refractivity contribution < 1.29 is 14.0 Å². The molecular formula is C45H59FN8O4. The summed E-state index contributed by atoms with van der Waals surface area (Å²) in [6.45, 7) is 9.07. The number of carbonyl (C=O) groups excluding carboxylic acids is 2. The van der Waals surface area contributed by atoms with E-state index < -0.39 is 0 Å². The Kier molecular flexibility index (Phi) is 15.5. The Morgan fingerprint density at radius 2 is 1.16 bits per heavy atom. The maximum Gasteiger partial charge on any atom is 0.251 e. The average Bonchev–Trinajstić information content (AvgIpc) is 3.23. The Morgan fingerprint density at radius 1 is 0.690 bits per heavy atom. The van der Waals surface area contributed by atoms with Gasteiger partial charge >= 0.3 is 0 Å². The number of nitrogens with two attached hydrogens (primary N) is 1. The van der Waals surface area contributed by atoms with Gasteiger partial charge in [-0.25, -0.2) is 4.39 Å². The van der Waals surface area contributed by atoms with Crippen LogP contribution in [0.1, 0.15) is 65.0 Å². The predicted octanol–water partition coefficient (Wildman–Crippen LogP) is 4.48. The highest BCUT2D eigenvalue weighted by Gasteiger charge is 2.21. The van der Waals surface area contributed by atoms with Crippen LogP contribution >= 0.6 is 0 Å². The molecule has 4 heterocycles. The fourth-order valence-corrected chi connectivity index (χ4v) is 7.80. The van der Waals surface area contributed by atoms with Crippen LogP contribution in [0.15, 0.2) is 88.5 Å². The zero-order valence-electron chi connectivity index (χ0n) is 33.2. The molecule has 13 heteroatoms. The summed E-state index contributed by atoms with van der Waals surface area (Å²) in [6.07, 6.45) is 4.04. The molecule has 0 radical (unpaired) electrons. The molecule has 58 heavy (non-hydrogen) atoms. The molecule has 2 aromatic heterocycles. The van der Waals surface area contributed by atoms with Crippen LogP contribution in [0.2, 0.25) is 0 Å². The maximum atomic E-state index is 13.7. The molecule has 310 valence electrons. The second-order valence-electron chi connectivity index (χ2n) is 15.0. The van der Waals surface area contributed by atoms with E-state index in [2.05, 4.69) is 25.8 Å². The number of pyridine rings is 2. The molecule has 0 spiro atoms. The lowest BCUT2D eigenvalue weighted by molar-refractivity contribution is 0.0956. The van der Waals surface area contributed by atoms with Crippen molar-refractivity contribution in [3.8, 4) is 0 Å². The summed E-state index contributed by atoms with van der Waals surface area (Å²) in [4.78, 5) is 54.3. The predicted molar refractivity (Wildman–Crippen MR) is 231 cm³/mol. The van der Waals surface area contributed by atoms with Crippen molar-refractivity contribution in [3.63, 3.8) is 0 Å². The van der Waals surface area contributed by atoms with Crippen LogP contribution in [0, 0.1) is 12.7 Å². The van der Waals surface area contributed by atoms with Gasteiger partial charge in [0.15, 0.2) is 0 Å². The van der Waals surface area contributed by atoms with Crippen LogP contribution in [0.25, 0.3) is 21.8 Å². The number of piperidine rings is 2. The van der Waals surface area contributed by atoms with E-state index in [9.17, 15) is 23.6 Å². The zero-order valence-corrected chi connectivity index (χ0v) is 33.2. The van der Waals surface area contributed by atoms with E-state index in [0.29, 0.717) is 48.4 Å². The van der Waals surface area contributed by atoms with Crippen LogP contribution in [0.4, 0.5) is 4.39 Å². The Morgan fingerprint density at radius 3 is 1.62 bits per heavy atom. The SMILES string of the molecule is C.CNC(=O)c1cc(=O)n(CCN2CCC(N)CC2)c2ccccc12.CNC(=O)c1cc(=O)n(CCN2CCC(NCc3ccc(C)c(F)c3)CC2)c2ccccc12. The normalized spacial score (nSPS) is 15.4. The summed E-state index contributed by atoms with van der Waals surface area (Å²) in [5.74, 6) is -0.644. The van der Waals surface area contributed by atoms with Crippen molar-refractivity contribution in [1.82, 2.24) is 34.9 Å². The van der Waals surface area contributed by atoms with Crippen LogP contribution in [-0.2, 0) is 19.6 Å². The summed E-state index contributed by atoms with van der Waals surface area (Å²) in [5.41, 5.74) is 9.71. The van der Waals surface area contributed by atoms with Gasteiger partial charge in [0, 0.05) is 81.8 Å². The molecule has 2 amide bonds. The summed E-state index contributed by atoms with van der Waals surface area (Å²) < 4.78 is 17.3. The quantitative estimate of drug-likeness (QED) is 0.153. The molecule has 0 unspecified atom stereocenters. The monoisotopic (exact) mass is 794 g/mol. The molecular weight excluding hydrogens is 736 g/mol. The molecule has 0 atom stereocenters. The third-order valence-electron chi connectivity index (χ3n) is 11.3. The molecule has 5 aromatic rings. The second-order valence-corrected chi connectivity index (χ2v) is 15.0. The molecule has 0 saturated carbocycles. The van der Waals surface area contributed by atoms with E-state index in [-0.39, 0.29) is 36.2 Å². The Hall–Kier alpha value is -5.21. The summed E-state index contributed by atoms with van der Waals surface area (Å²) >= 11 is 0. The van der Waals surface area contributed by atoms with Gasteiger partial charge in [-0.3, -0.25) is 19.2 Å². The number of nitrogens with zero attached hydrogens (tertiary/aromatic N) is 4. The number of nitrogens with one attached hydrogen (secondary N) is 3. The number of rotatable bonds is 11. The van der Waals surface area contributed by atoms with Crippen LogP contribution in [-0.4, -0.2) is 96.2 Å². The van der Waals surface area contributed by atoms with Crippen LogP contribution in [0.5, 0.6) is 0 Å². The van der Waals surface area contributed by atoms with Gasteiger partial charge in [0.1, 0.15) is 5.82 Å². The summed E-state index contributed by atoms with van der Waals surface area (Å²) in [6, 6.07) is 24.1. The molecule has 2 fully saturated rings. The van der Waals surface area contributed by atoms with Gasteiger partial charge in [-0.1, -0.05) is 56.0 Å². The molecule has 0 bridgehead atoms. The van der Waals surface area contributed by atoms with E-state index >= 15 is 0 Å². The number of carbonyl (C=O) groups is 2. The van der Waals surface area contributed by atoms with Gasteiger partial charge in [-0.05, 0) is 88.1 Å². The topological polar surface area (TPSA) is 147 Å². The molecule has 3 aromatic carbocycles. The van der Waals surface area contributed by atoms with Crippen LogP contribution < -0.4 is 32.8 Å². The van der Waals surface area contributed by atoms with Crippen LogP contribution in [0.3, 0.4) is 0 Å². The number of hydrogen-bond acceptors (Lipinski definition) is 8. The highest BCUT2D eigenvalue weighted by atomic mass is 19.1. The highest BCUT2D eigenvalue weighted by Crippen LogP contribution is 2.20. The molecule has 2 aliphatic rings. The number of halogens is 1. The number of benzene rings is 3. The van der Waals surface area contributed by atoms with Gasteiger partial charge in [0.2, 0.25) is 0 Å². The van der Waals surface area contributed by atoms with E-state index in [1.807, 2.05) is 60.7 Å². The number of fused-ring (bicyclic) bond motifs is 2. The Labute approximate surface area is 340 Å². The third kappa shape index (κ3) is 10.6.